The second-order valence-corrected chi connectivity index (χ2v) is 3.84. The third-order valence-corrected chi connectivity index (χ3v) is 3.11. The van der Waals surface area contributed by atoms with E-state index in [1.54, 1.807) is 10.7 Å². The molecular formula is C8H14NO2P. The number of aliphatic carboxylic acids is 1. The van der Waals surface area contributed by atoms with Gasteiger partial charge in [0, 0.05) is 6.04 Å². The predicted octanol–water partition coefficient (Wildman–Crippen LogP) is 1.13. The van der Waals surface area contributed by atoms with Gasteiger partial charge in [0.2, 0.25) is 0 Å². The van der Waals surface area contributed by atoms with Crippen LogP contribution in [0, 0.1) is 5.92 Å². The Morgan fingerprint density at radius 2 is 2.42 bits per heavy atom. The molecule has 0 saturated carbocycles. The van der Waals surface area contributed by atoms with E-state index in [9.17, 15) is 4.79 Å². The molecule has 1 unspecified atom stereocenters. The lowest BCUT2D eigenvalue weighted by molar-refractivity contribution is -0.140. The summed E-state index contributed by atoms with van der Waals surface area (Å²) in [5.41, 5.74) is 0. The van der Waals surface area contributed by atoms with Crippen molar-refractivity contribution < 1.29 is 9.90 Å². The van der Waals surface area contributed by atoms with E-state index in [1.807, 2.05) is 6.92 Å². The van der Waals surface area contributed by atoms with Crippen molar-refractivity contribution in [2.75, 3.05) is 0 Å². The highest BCUT2D eigenvalue weighted by Gasteiger charge is 2.38. The number of hydrogen-bond acceptors (Lipinski definition) is 2. The number of nitrogens with zero attached hydrogens (tertiary/aromatic N) is 1. The van der Waals surface area contributed by atoms with Crippen LogP contribution in [0.5, 0.6) is 0 Å². The van der Waals surface area contributed by atoms with Crippen molar-refractivity contribution in [3.8, 4) is 0 Å². The second-order valence-electron chi connectivity index (χ2n) is 3.24. The highest BCUT2D eigenvalue weighted by atomic mass is 31.0. The summed E-state index contributed by atoms with van der Waals surface area (Å²) in [4.78, 5) is 10.7. The van der Waals surface area contributed by atoms with E-state index in [0.717, 1.165) is 0 Å². The van der Waals surface area contributed by atoms with Gasteiger partial charge < -0.3 is 5.11 Å². The molecule has 1 rings (SSSR count). The van der Waals surface area contributed by atoms with Gasteiger partial charge in [-0.05, 0) is 12.3 Å². The predicted molar refractivity (Wildman–Crippen MR) is 50.7 cm³/mol. The third kappa shape index (κ3) is 1.52. The number of carboxylic acid groups (broad SMARTS) is 1. The standard InChI is InChI=1S/C8H14NO2P/c1-3-6-5(2)4-7(8(10)11)9(6)12/h3,5-7H,1,4,12H2,2H3,(H,10,11)/t5-,6+,7-/m0/s1. The van der Waals surface area contributed by atoms with E-state index in [0.29, 0.717) is 12.3 Å². The quantitative estimate of drug-likeness (QED) is 0.520. The summed E-state index contributed by atoms with van der Waals surface area (Å²) in [6.07, 6.45) is 2.51. The van der Waals surface area contributed by atoms with E-state index >= 15 is 0 Å². The number of hydrogen-bond donors (Lipinski definition) is 1. The molecule has 0 radical (unpaired) electrons. The molecule has 0 aliphatic carbocycles. The highest BCUT2D eigenvalue weighted by molar-refractivity contribution is 7.13. The zero-order chi connectivity index (χ0) is 9.30. The fraction of sp³-hybridized carbons (Fsp3) is 0.625. The van der Waals surface area contributed by atoms with E-state index < -0.39 is 5.97 Å². The lowest BCUT2D eigenvalue weighted by atomic mass is 10.0. The summed E-state index contributed by atoms with van der Waals surface area (Å²) in [5, 5.41) is 8.83. The van der Waals surface area contributed by atoms with Gasteiger partial charge in [0.25, 0.3) is 0 Å². The first-order chi connectivity index (χ1) is 5.57. The fourth-order valence-electron chi connectivity index (χ4n) is 1.70. The minimum absolute atomic E-state index is 0.177. The van der Waals surface area contributed by atoms with Gasteiger partial charge >= 0.3 is 5.97 Å². The molecule has 4 atom stereocenters. The minimum Gasteiger partial charge on any atom is -0.480 e. The molecule has 0 aromatic heterocycles. The molecule has 12 heavy (non-hydrogen) atoms. The topological polar surface area (TPSA) is 40.5 Å². The molecule has 1 saturated heterocycles. The molecule has 3 nitrogen and oxygen atoms in total. The summed E-state index contributed by atoms with van der Waals surface area (Å²) >= 11 is 0. The molecule has 0 amide bonds. The first-order valence-electron chi connectivity index (χ1n) is 3.96. The van der Waals surface area contributed by atoms with E-state index in [4.69, 9.17) is 5.11 Å². The first kappa shape index (κ1) is 9.69. The van der Waals surface area contributed by atoms with Crippen LogP contribution in [-0.2, 0) is 4.79 Å². The van der Waals surface area contributed by atoms with Gasteiger partial charge in [0.05, 0.1) is 0 Å². The summed E-state index contributed by atoms with van der Waals surface area (Å²) in [6.45, 7) is 5.74. The van der Waals surface area contributed by atoms with Crippen molar-refractivity contribution in [2.24, 2.45) is 5.92 Å². The Morgan fingerprint density at radius 3 is 2.67 bits per heavy atom. The van der Waals surface area contributed by atoms with Crippen LogP contribution < -0.4 is 0 Å². The average Bonchev–Trinajstić information content (AvgIpc) is 2.27. The van der Waals surface area contributed by atoms with Crippen molar-refractivity contribution in [3.05, 3.63) is 12.7 Å². The van der Waals surface area contributed by atoms with Gasteiger partial charge in [-0.25, -0.2) is 0 Å². The molecule has 1 aliphatic heterocycles. The van der Waals surface area contributed by atoms with E-state index in [-0.39, 0.29) is 12.1 Å². The Hall–Kier alpha value is -0.400. The van der Waals surface area contributed by atoms with Crippen molar-refractivity contribution >= 4 is 15.4 Å². The second kappa shape index (κ2) is 3.55. The van der Waals surface area contributed by atoms with Crippen LogP contribution in [0.4, 0.5) is 0 Å². The van der Waals surface area contributed by atoms with Gasteiger partial charge in [-0.1, -0.05) is 22.4 Å². The highest BCUT2D eigenvalue weighted by Crippen LogP contribution is 2.33. The molecule has 1 N–H and O–H groups in total. The zero-order valence-corrected chi connectivity index (χ0v) is 8.26. The van der Waals surface area contributed by atoms with Crippen LogP contribution in [0.15, 0.2) is 12.7 Å². The van der Waals surface area contributed by atoms with Crippen molar-refractivity contribution in [1.82, 2.24) is 4.67 Å². The molecule has 0 aromatic carbocycles. The van der Waals surface area contributed by atoms with Crippen molar-refractivity contribution in [2.45, 2.75) is 25.4 Å². The SMILES string of the molecule is C=C[C@@H]1[C@@H](C)C[C@@H](C(=O)O)N1P. The van der Waals surface area contributed by atoms with Gasteiger partial charge in [-0.3, -0.25) is 9.46 Å². The summed E-state index contributed by atoms with van der Waals surface area (Å²) in [5.74, 6) is -0.373. The van der Waals surface area contributed by atoms with E-state index in [2.05, 4.69) is 16.0 Å². The number of carbonyl (C=O) groups is 1. The Kier molecular flexibility index (Phi) is 2.86. The Morgan fingerprint density at radius 1 is 1.83 bits per heavy atom. The fourth-order valence-corrected chi connectivity index (χ4v) is 2.36. The summed E-state index contributed by atoms with van der Waals surface area (Å²) in [7, 11) is 2.47. The maximum atomic E-state index is 10.7. The smallest absolute Gasteiger partial charge is 0.321 e. The zero-order valence-electron chi connectivity index (χ0n) is 7.10. The molecule has 0 bridgehead atoms. The monoisotopic (exact) mass is 187 g/mol. The number of rotatable bonds is 2. The Bertz CT molecular complexity index is 207. The van der Waals surface area contributed by atoms with Crippen molar-refractivity contribution in [1.29, 1.82) is 0 Å². The Labute approximate surface area is 74.7 Å². The molecule has 1 aliphatic rings. The largest absolute Gasteiger partial charge is 0.480 e. The summed E-state index contributed by atoms with van der Waals surface area (Å²) < 4.78 is 1.79. The third-order valence-electron chi connectivity index (χ3n) is 2.41. The minimum atomic E-state index is -0.749. The molecule has 0 aromatic rings. The van der Waals surface area contributed by atoms with Crippen LogP contribution in [0.3, 0.4) is 0 Å². The van der Waals surface area contributed by atoms with Crippen molar-refractivity contribution in [3.63, 3.8) is 0 Å². The van der Waals surface area contributed by atoms with Crippen LogP contribution in [-0.4, -0.2) is 27.8 Å². The molecule has 4 heteroatoms. The lowest BCUT2D eigenvalue weighted by Crippen LogP contribution is -2.32. The number of carboxylic acids is 1. The van der Waals surface area contributed by atoms with E-state index in [1.165, 1.54) is 0 Å². The molecule has 68 valence electrons. The van der Waals surface area contributed by atoms with Crippen LogP contribution in [0.1, 0.15) is 13.3 Å². The molecule has 1 heterocycles. The van der Waals surface area contributed by atoms with Gasteiger partial charge in [-0.2, -0.15) is 0 Å². The maximum absolute atomic E-state index is 10.7. The maximum Gasteiger partial charge on any atom is 0.321 e. The van der Waals surface area contributed by atoms with Crippen LogP contribution >= 0.6 is 9.39 Å². The lowest BCUT2D eigenvalue weighted by Gasteiger charge is -2.20. The average molecular weight is 187 g/mol. The van der Waals surface area contributed by atoms with Gasteiger partial charge in [-0.15, -0.1) is 6.58 Å². The Balaban J connectivity index is 2.74. The van der Waals surface area contributed by atoms with Crippen LogP contribution in [0.25, 0.3) is 0 Å². The first-order valence-corrected chi connectivity index (χ1v) is 4.48. The molecule has 0 spiro atoms. The molecule has 1 fully saturated rings. The normalized spacial score (nSPS) is 36.7. The summed E-state index contributed by atoms with van der Waals surface area (Å²) in [6, 6.07) is -0.191. The molecular weight excluding hydrogens is 173 g/mol. The van der Waals surface area contributed by atoms with Gasteiger partial charge in [0.1, 0.15) is 6.04 Å². The van der Waals surface area contributed by atoms with Gasteiger partial charge in [0.15, 0.2) is 0 Å². The van der Waals surface area contributed by atoms with Crippen LogP contribution in [0.2, 0.25) is 0 Å².